The molecule has 0 fully saturated rings. The van der Waals surface area contributed by atoms with Gasteiger partial charge in [0.25, 0.3) is 5.91 Å². The van der Waals surface area contributed by atoms with Crippen molar-refractivity contribution in [3.63, 3.8) is 0 Å². The maximum Gasteiger partial charge on any atom is 0.261 e. The molecule has 0 radical (unpaired) electrons. The van der Waals surface area contributed by atoms with Gasteiger partial charge < -0.3 is 20.7 Å². The summed E-state index contributed by atoms with van der Waals surface area (Å²) in [6.45, 7) is 10.1. The molecule has 0 atom stereocenters. The van der Waals surface area contributed by atoms with Crippen LogP contribution in [0.2, 0.25) is 0 Å². The van der Waals surface area contributed by atoms with Gasteiger partial charge in [0, 0.05) is 32.2 Å². The van der Waals surface area contributed by atoms with Crippen LogP contribution in [-0.4, -0.2) is 45.2 Å². The minimum Gasteiger partial charge on any atom is -0.383 e. The number of ether oxygens (including phenoxy) is 1. The van der Waals surface area contributed by atoms with Gasteiger partial charge in [-0.25, -0.2) is 0 Å². The molecule has 1 rings (SSSR count). The molecule has 1 aromatic rings. The first-order chi connectivity index (χ1) is 10.8. The molecule has 0 aliphatic rings. The van der Waals surface area contributed by atoms with Gasteiger partial charge in [-0.3, -0.25) is 9.59 Å². The molecule has 2 amide bonds. The van der Waals surface area contributed by atoms with Crippen molar-refractivity contribution >= 4 is 40.6 Å². The van der Waals surface area contributed by atoms with E-state index in [9.17, 15) is 9.59 Å². The Kier molecular flexibility index (Phi) is 10.1. The summed E-state index contributed by atoms with van der Waals surface area (Å²) in [4.78, 5) is 24.8. The fourth-order valence-electron chi connectivity index (χ4n) is 1.71. The topological polar surface area (TPSA) is 79.5 Å². The Morgan fingerprint density at radius 1 is 1.21 bits per heavy atom. The highest BCUT2D eigenvalue weighted by atomic mass is 35.5. The number of thiophene rings is 1. The number of carbonyl (C=O) groups is 2. The highest BCUT2D eigenvalue weighted by Crippen LogP contribution is 2.28. The van der Waals surface area contributed by atoms with Crippen molar-refractivity contribution in [2.24, 2.45) is 5.41 Å². The smallest absolute Gasteiger partial charge is 0.261 e. The predicted molar refractivity (Wildman–Crippen MR) is 101 cm³/mol. The molecular formula is C16H28ClN3O3S. The van der Waals surface area contributed by atoms with Crippen molar-refractivity contribution in [3.05, 3.63) is 16.5 Å². The molecule has 138 valence electrons. The van der Waals surface area contributed by atoms with Crippen LogP contribution in [0.5, 0.6) is 0 Å². The lowest BCUT2D eigenvalue weighted by atomic mass is 9.96. The first kappa shape index (κ1) is 22.9. The third-order valence-corrected chi connectivity index (χ3v) is 4.26. The molecule has 3 N–H and O–H groups in total. The minimum atomic E-state index is -0.464. The van der Waals surface area contributed by atoms with E-state index in [1.165, 1.54) is 11.3 Å². The van der Waals surface area contributed by atoms with Crippen molar-refractivity contribution in [3.8, 4) is 0 Å². The van der Waals surface area contributed by atoms with E-state index in [4.69, 9.17) is 4.74 Å². The van der Waals surface area contributed by atoms with Gasteiger partial charge in [0.15, 0.2) is 0 Å². The van der Waals surface area contributed by atoms with Crippen LogP contribution in [0, 0.1) is 12.3 Å². The summed E-state index contributed by atoms with van der Waals surface area (Å²) in [5, 5.41) is 9.59. The molecule has 0 saturated heterocycles. The third kappa shape index (κ3) is 7.61. The molecule has 1 aromatic heterocycles. The Labute approximate surface area is 154 Å². The lowest BCUT2D eigenvalue weighted by Crippen LogP contribution is -2.32. The molecular weight excluding hydrogens is 350 g/mol. The molecule has 0 bridgehead atoms. The van der Waals surface area contributed by atoms with Crippen molar-refractivity contribution in [1.82, 2.24) is 10.6 Å². The lowest BCUT2D eigenvalue weighted by molar-refractivity contribution is -0.123. The first-order valence-corrected chi connectivity index (χ1v) is 8.47. The van der Waals surface area contributed by atoms with Crippen LogP contribution in [0.4, 0.5) is 5.00 Å². The second-order valence-electron chi connectivity index (χ2n) is 6.33. The summed E-state index contributed by atoms with van der Waals surface area (Å²) in [6.07, 6.45) is 0. The molecule has 0 aliphatic carbocycles. The third-order valence-electron chi connectivity index (χ3n) is 3.11. The van der Waals surface area contributed by atoms with E-state index >= 15 is 0 Å². The highest BCUT2D eigenvalue weighted by molar-refractivity contribution is 7.18. The summed E-state index contributed by atoms with van der Waals surface area (Å²) in [6, 6.07) is 1.83. The highest BCUT2D eigenvalue weighted by Gasteiger charge is 2.22. The fourth-order valence-corrected chi connectivity index (χ4v) is 2.70. The molecule has 24 heavy (non-hydrogen) atoms. The Morgan fingerprint density at radius 2 is 1.88 bits per heavy atom. The number of methoxy groups -OCH3 is 1. The van der Waals surface area contributed by atoms with Gasteiger partial charge in [0.2, 0.25) is 5.91 Å². The Morgan fingerprint density at radius 3 is 2.46 bits per heavy atom. The second kappa shape index (κ2) is 10.7. The van der Waals surface area contributed by atoms with Crippen molar-refractivity contribution < 1.29 is 14.3 Å². The zero-order valence-corrected chi connectivity index (χ0v) is 16.6. The summed E-state index contributed by atoms with van der Waals surface area (Å²) in [5.74, 6) is -0.176. The predicted octanol–water partition coefficient (Wildman–Crippen LogP) is 2.43. The number of aryl methyl sites for hydroxylation is 1. The monoisotopic (exact) mass is 377 g/mol. The molecule has 0 unspecified atom stereocenters. The standard InChI is InChI=1S/C16H27N3O3S.ClH/c1-11-10-12(19-15(21)16(2,3)4)23-13(11)14(20)18-7-6-17-8-9-22-5;/h10,17H,6-9H2,1-5H3,(H,18,20)(H,19,21);1H. The average Bonchev–Trinajstić information content (AvgIpc) is 2.82. The number of amides is 2. The SMILES string of the molecule is COCCNCCNC(=O)c1sc(NC(=O)C(C)(C)C)cc1C.Cl. The molecule has 0 aromatic carbocycles. The molecule has 6 nitrogen and oxygen atoms in total. The number of nitrogens with one attached hydrogen (secondary N) is 3. The first-order valence-electron chi connectivity index (χ1n) is 7.65. The number of rotatable bonds is 8. The second-order valence-corrected chi connectivity index (χ2v) is 7.38. The summed E-state index contributed by atoms with van der Waals surface area (Å²) >= 11 is 1.30. The molecule has 1 heterocycles. The van der Waals surface area contributed by atoms with Gasteiger partial charge in [0.1, 0.15) is 0 Å². The maximum atomic E-state index is 12.2. The van der Waals surface area contributed by atoms with E-state index in [0.29, 0.717) is 29.6 Å². The van der Waals surface area contributed by atoms with Crippen LogP contribution in [0.3, 0.4) is 0 Å². The molecule has 0 saturated carbocycles. The molecule has 0 spiro atoms. The van der Waals surface area contributed by atoms with Gasteiger partial charge in [-0.2, -0.15) is 0 Å². The van der Waals surface area contributed by atoms with Gasteiger partial charge in [-0.05, 0) is 18.6 Å². The summed E-state index contributed by atoms with van der Waals surface area (Å²) < 4.78 is 4.93. The van der Waals surface area contributed by atoms with E-state index in [2.05, 4.69) is 16.0 Å². The van der Waals surface area contributed by atoms with E-state index in [-0.39, 0.29) is 24.2 Å². The Bertz CT molecular complexity index is 541. The van der Waals surface area contributed by atoms with Gasteiger partial charge in [0.05, 0.1) is 16.5 Å². The van der Waals surface area contributed by atoms with E-state index < -0.39 is 5.41 Å². The zero-order valence-electron chi connectivity index (χ0n) is 14.9. The van der Waals surface area contributed by atoms with Crippen LogP contribution >= 0.6 is 23.7 Å². The van der Waals surface area contributed by atoms with E-state index in [1.807, 2.05) is 33.8 Å². The van der Waals surface area contributed by atoms with Gasteiger partial charge in [-0.15, -0.1) is 23.7 Å². The van der Waals surface area contributed by atoms with Gasteiger partial charge >= 0.3 is 0 Å². The van der Waals surface area contributed by atoms with Crippen LogP contribution in [-0.2, 0) is 9.53 Å². The van der Waals surface area contributed by atoms with Crippen LogP contribution < -0.4 is 16.0 Å². The quantitative estimate of drug-likeness (QED) is 0.608. The Hall–Kier alpha value is -1.15. The number of halogens is 1. The van der Waals surface area contributed by atoms with Crippen molar-refractivity contribution in [2.75, 3.05) is 38.7 Å². The number of hydrogen-bond donors (Lipinski definition) is 3. The summed E-state index contributed by atoms with van der Waals surface area (Å²) in [5.41, 5.74) is 0.401. The normalized spacial score (nSPS) is 10.9. The largest absolute Gasteiger partial charge is 0.383 e. The van der Waals surface area contributed by atoms with Gasteiger partial charge in [-0.1, -0.05) is 20.8 Å². The van der Waals surface area contributed by atoms with E-state index in [1.54, 1.807) is 7.11 Å². The molecule has 0 aliphatic heterocycles. The Balaban J connectivity index is 0.00000529. The average molecular weight is 378 g/mol. The zero-order chi connectivity index (χ0) is 17.5. The van der Waals surface area contributed by atoms with E-state index in [0.717, 1.165) is 12.1 Å². The van der Waals surface area contributed by atoms with Crippen molar-refractivity contribution in [2.45, 2.75) is 27.7 Å². The number of hydrogen-bond acceptors (Lipinski definition) is 5. The minimum absolute atomic E-state index is 0. The van der Waals surface area contributed by atoms with Crippen LogP contribution in [0.1, 0.15) is 36.0 Å². The number of anilines is 1. The molecule has 8 heteroatoms. The summed E-state index contributed by atoms with van der Waals surface area (Å²) in [7, 11) is 1.65. The lowest BCUT2D eigenvalue weighted by Gasteiger charge is -2.16. The van der Waals surface area contributed by atoms with Crippen molar-refractivity contribution in [1.29, 1.82) is 0 Å². The van der Waals surface area contributed by atoms with Crippen LogP contribution in [0.15, 0.2) is 6.07 Å². The van der Waals surface area contributed by atoms with Crippen LogP contribution in [0.25, 0.3) is 0 Å². The maximum absolute atomic E-state index is 12.2. The number of carbonyl (C=O) groups excluding carboxylic acids is 2. The fraction of sp³-hybridized carbons (Fsp3) is 0.625.